The molecule has 1 fully saturated rings. The predicted molar refractivity (Wildman–Crippen MR) is 84.9 cm³/mol. The fourth-order valence-corrected chi connectivity index (χ4v) is 3.33. The van der Waals surface area contributed by atoms with Crippen molar-refractivity contribution in [2.45, 2.75) is 51.3 Å². The lowest BCUT2D eigenvalue weighted by Gasteiger charge is -2.16. The highest BCUT2D eigenvalue weighted by molar-refractivity contribution is 5.95. The number of aromatic nitrogens is 2. The van der Waals surface area contributed by atoms with E-state index in [2.05, 4.69) is 10.3 Å². The zero-order valence-electron chi connectivity index (χ0n) is 13.3. The third kappa shape index (κ3) is 3.64. The Morgan fingerprint density at radius 2 is 2.39 bits per heavy atom. The Morgan fingerprint density at radius 3 is 3.13 bits per heavy atom. The van der Waals surface area contributed by atoms with Crippen molar-refractivity contribution in [1.29, 1.82) is 0 Å². The Hall–Kier alpha value is -2.08. The number of hydrogen-bond donors (Lipinski definition) is 2. The lowest BCUT2D eigenvalue weighted by atomic mass is 10.1. The molecule has 0 aromatic carbocycles. The quantitative estimate of drug-likeness (QED) is 0.854. The molecule has 0 aliphatic heterocycles. The summed E-state index contributed by atoms with van der Waals surface area (Å²) in [7, 11) is 0. The van der Waals surface area contributed by atoms with Crippen molar-refractivity contribution in [1.82, 2.24) is 14.9 Å². The van der Waals surface area contributed by atoms with E-state index < -0.39 is 6.10 Å². The van der Waals surface area contributed by atoms with Crippen molar-refractivity contribution in [2.75, 3.05) is 0 Å². The second kappa shape index (κ2) is 7.00. The van der Waals surface area contributed by atoms with E-state index >= 15 is 0 Å². The van der Waals surface area contributed by atoms with Crippen LogP contribution in [0.2, 0.25) is 0 Å². The van der Waals surface area contributed by atoms with Gasteiger partial charge < -0.3 is 19.4 Å². The minimum atomic E-state index is -0.506. The largest absolute Gasteiger partial charge is 0.469 e. The number of furan rings is 1. The Bertz CT molecular complexity index is 635. The van der Waals surface area contributed by atoms with Gasteiger partial charge in [-0.05, 0) is 31.2 Å². The molecule has 6 heteroatoms. The zero-order chi connectivity index (χ0) is 16.2. The van der Waals surface area contributed by atoms with Crippen LogP contribution in [-0.2, 0) is 13.0 Å². The first-order valence-corrected chi connectivity index (χ1v) is 8.18. The molecule has 124 valence electrons. The van der Waals surface area contributed by atoms with Gasteiger partial charge in [0.05, 0.1) is 30.3 Å². The summed E-state index contributed by atoms with van der Waals surface area (Å²) in [5, 5.41) is 13.2. The van der Waals surface area contributed by atoms with Crippen LogP contribution in [0.3, 0.4) is 0 Å². The molecule has 1 aliphatic carbocycles. The number of carbonyl (C=O) groups is 1. The van der Waals surface area contributed by atoms with Gasteiger partial charge in [0.1, 0.15) is 5.76 Å². The number of nitrogens with one attached hydrogen (secondary N) is 1. The van der Waals surface area contributed by atoms with Gasteiger partial charge >= 0.3 is 0 Å². The number of nitrogens with zero attached hydrogens (tertiary/aromatic N) is 2. The van der Waals surface area contributed by atoms with E-state index in [1.54, 1.807) is 24.9 Å². The highest BCUT2D eigenvalue weighted by atomic mass is 16.3. The number of amides is 1. The maximum atomic E-state index is 12.4. The van der Waals surface area contributed by atoms with Gasteiger partial charge in [-0.1, -0.05) is 6.92 Å². The van der Waals surface area contributed by atoms with Gasteiger partial charge in [0.15, 0.2) is 0 Å². The van der Waals surface area contributed by atoms with Crippen molar-refractivity contribution in [3.63, 3.8) is 0 Å². The standard InChI is InChI=1S/C17H23N3O3/c1-2-3-16-13(4-7-23-16)17(22)19-14-8-12(9-15(14)21)10-20-6-5-18-11-20/h4-7,11-12,14-15,21H,2-3,8-10H2,1H3,(H,19,22)/t12?,14-,15-/m1/s1. The van der Waals surface area contributed by atoms with Gasteiger partial charge in [-0.15, -0.1) is 0 Å². The van der Waals surface area contributed by atoms with E-state index in [9.17, 15) is 9.90 Å². The van der Waals surface area contributed by atoms with Crippen LogP contribution in [-0.4, -0.2) is 32.7 Å². The van der Waals surface area contributed by atoms with E-state index in [1.165, 1.54) is 0 Å². The summed E-state index contributed by atoms with van der Waals surface area (Å²) in [6.07, 6.45) is 9.61. The number of carbonyl (C=O) groups excluding carboxylic acids is 1. The van der Waals surface area contributed by atoms with Crippen molar-refractivity contribution in [2.24, 2.45) is 5.92 Å². The SMILES string of the molecule is CCCc1occc1C(=O)N[C@@H]1CC(Cn2ccnc2)C[C@H]1O. The van der Waals surface area contributed by atoms with Crippen LogP contribution < -0.4 is 5.32 Å². The van der Waals surface area contributed by atoms with Gasteiger partial charge in [0.2, 0.25) is 0 Å². The summed E-state index contributed by atoms with van der Waals surface area (Å²) in [6.45, 7) is 2.86. The highest BCUT2D eigenvalue weighted by Crippen LogP contribution is 2.28. The fourth-order valence-electron chi connectivity index (χ4n) is 3.33. The molecule has 2 aromatic heterocycles. The lowest BCUT2D eigenvalue weighted by Crippen LogP contribution is -2.40. The molecule has 1 saturated carbocycles. The summed E-state index contributed by atoms with van der Waals surface area (Å²) >= 11 is 0. The average molecular weight is 317 g/mol. The molecule has 1 amide bonds. The third-order valence-corrected chi connectivity index (χ3v) is 4.44. The van der Waals surface area contributed by atoms with Crippen LogP contribution in [0.1, 0.15) is 42.3 Å². The van der Waals surface area contributed by atoms with Crippen LogP contribution in [0.25, 0.3) is 0 Å². The molecule has 6 nitrogen and oxygen atoms in total. The molecule has 3 atom stereocenters. The number of aliphatic hydroxyl groups excluding tert-OH is 1. The van der Waals surface area contributed by atoms with Crippen molar-refractivity contribution < 1.29 is 14.3 Å². The third-order valence-electron chi connectivity index (χ3n) is 4.44. The number of aliphatic hydroxyl groups is 1. The molecule has 2 heterocycles. The molecule has 0 spiro atoms. The normalized spacial score (nSPS) is 24.0. The zero-order valence-corrected chi connectivity index (χ0v) is 13.3. The fraction of sp³-hybridized carbons (Fsp3) is 0.529. The van der Waals surface area contributed by atoms with E-state index in [0.717, 1.165) is 25.8 Å². The van der Waals surface area contributed by atoms with Crippen LogP contribution >= 0.6 is 0 Å². The molecular formula is C17H23N3O3. The van der Waals surface area contributed by atoms with Gasteiger partial charge in [0.25, 0.3) is 5.91 Å². The number of hydrogen-bond acceptors (Lipinski definition) is 4. The topological polar surface area (TPSA) is 80.3 Å². The first-order valence-electron chi connectivity index (χ1n) is 8.18. The maximum Gasteiger partial charge on any atom is 0.255 e. The summed E-state index contributed by atoms with van der Waals surface area (Å²) in [5.41, 5.74) is 0.581. The number of rotatable bonds is 6. The molecule has 2 N–H and O–H groups in total. The van der Waals surface area contributed by atoms with Crippen LogP contribution in [0.4, 0.5) is 0 Å². The average Bonchev–Trinajstić information content (AvgIpc) is 3.23. The molecule has 1 aliphatic rings. The molecule has 0 saturated heterocycles. The Morgan fingerprint density at radius 1 is 1.52 bits per heavy atom. The number of aryl methyl sites for hydroxylation is 1. The Labute approximate surface area is 135 Å². The Kier molecular flexibility index (Phi) is 4.81. The van der Waals surface area contributed by atoms with Crippen molar-refractivity contribution >= 4 is 5.91 Å². The highest BCUT2D eigenvalue weighted by Gasteiger charge is 2.34. The molecule has 3 rings (SSSR count). The number of imidazole rings is 1. The summed E-state index contributed by atoms with van der Waals surface area (Å²) in [5.74, 6) is 0.894. The van der Waals surface area contributed by atoms with Crippen LogP contribution in [0, 0.1) is 5.92 Å². The summed E-state index contributed by atoms with van der Waals surface area (Å²) in [6, 6.07) is 1.49. The molecule has 23 heavy (non-hydrogen) atoms. The summed E-state index contributed by atoms with van der Waals surface area (Å²) < 4.78 is 7.39. The predicted octanol–water partition coefficient (Wildman–Crippen LogP) is 2.00. The molecule has 0 bridgehead atoms. The van der Waals surface area contributed by atoms with Gasteiger partial charge in [-0.2, -0.15) is 0 Å². The first kappa shape index (κ1) is 15.8. The minimum absolute atomic E-state index is 0.158. The molecular weight excluding hydrogens is 294 g/mol. The molecule has 0 radical (unpaired) electrons. The maximum absolute atomic E-state index is 12.4. The minimum Gasteiger partial charge on any atom is -0.469 e. The second-order valence-corrected chi connectivity index (χ2v) is 6.25. The van der Waals surface area contributed by atoms with E-state index in [1.807, 2.05) is 17.7 Å². The van der Waals surface area contributed by atoms with E-state index in [4.69, 9.17) is 4.42 Å². The van der Waals surface area contributed by atoms with Gasteiger partial charge in [-0.3, -0.25) is 4.79 Å². The molecule has 1 unspecified atom stereocenters. The van der Waals surface area contributed by atoms with Gasteiger partial charge in [0, 0.05) is 25.4 Å². The molecule has 2 aromatic rings. The lowest BCUT2D eigenvalue weighted by molar-refractivity contribution is 0.0871. The van der Waals surface area contributed by atoms with Crippen LogP contribution in [0.15, 0.2) is 35.5 Å². The smallest absolute Gasteiger partial charge is 0.255 e. The van der Waals surface area contributed by atoms with Crippen LogP contribution in [0.5, 0.6) is 0 Å². The Balaban J connectivity index is 1.59. The monoisotopic (exact) mass is 317 g/mol. The second-order valence-electron chi connectivity index (χ2n) is 6.25. The van der Waals surface area contributed by atoms with Gasteiger partial charge in [-0.25, -0.2) is 4.98 Å². The van der Waals surface area contributed by atoms with Crippen molar-refractivity contribution in [3.05, 3.63) is 42.4 Å². The van der Waals surface area contributed by atoms with E-state index in [0.29, 0.717) is 23.7 Å². The van der Waals surface area contributed by atoms with E-state index in [-0.39, 0.29) is 11.9 Å². The summed E-state index contributed by atoms with van der Waals surface area (Å²) in [4.78, 5) is 16.5. The first-order chi connectivity index (χ1) is 11.2. The van der Waals surface area contributed by atoms with Crippen molar-refractivity contribution in [3.8, 4) is 0 Å².